The third-order valence-electron chi connectivity index (χ3n) is 2.29. The van der Waals surface area contributed by atoms with Gasteiger partial charge in [0.05, 0.1) is 15.1 Å². The molecule has 1 aromatic heterocycles. The van der Waals surface area contributed by atoms with Gasteiger partial charge in [-0.05, 0) is 28.9 Å². The number of nitrogens with zero attached hydrogens (tertiary/aromatic N) is 2. The number of pyridine rings is 1. The Labute approximate surface area is 104 Å². The van der Waals surface area contributed by atoms with Gasteiger partial charge in [-0.2, -0.15) is 0 Å². The van der Waals surface area contributed by atoms with Crippen molar-refractivity contribution in [2.24, 2.45) is 5.73 Å². The average molecular weight is 288 g/mol. The molecule has 0 bridgehead atoms. The monoisotopic (exact) mass is 287 g/mol. The molecule has 0 saturated carbocycles. The number of hydrogen-bond donors (Lipinski definition) is 1. The lowest BCUT2D eigenvalue weighted by atomic mass is 10.2. The first kappa shape index (κ1) is 12.4. The Morgan fingerprint density at radius 1 is 1.73 bits per heavy atom. The van der Waals surface area contributed by atoms with E-state index in [1.54, 1.807) is 12.4 Å². The second-order valence-corrected chi connectivity index (χ2v) is 4.84. The topological polar surface area (TPSA) is 42.1 Å². The van der Waals surface area contributed by atoms with Gasteiger partial charge in [-0.25, -0.2) is 0 Å². The molecule has 0 spiro atoms. The van der Waals surface area contributed by atoms with E-state index < -0.39 is 0 Å². The zero-order valence-corrected chi connectivity index (χ0v) is 11.2. The van der Waals surface area contributed by atoms with Crippen LogP contribution in [-0.2, 0) is 0 Å². The van der Waals surface area contributed by atoms with Gasteiger partial charge in [0.2, 0.25) is 0 Å². The zero-order valence-electron chi connectivity index (χ0n) is 8.77. The maximum Gasteiger partial charge on any atom is 0.0747 e. The van der Waals surface area contributed by atoms with Crippen molar-refractivity contribution in [3.05, 3.63) is 22.9 Å². The van der Waals surface area contributed by atoms with E-state index in [1.165, 1.54) is 0 Å². The first-order valence-corrected chi connectivity index (χ1v) is 5.83. The van der Waals surface area contributed by atoms with Gasteiger partial charge in [0.15, 0.2) is 0 Å². The van der Waals surface area contributed by atoms with Crippen LogP contribution >= 0.6 is 28.1 Å². The van der Waals surface area contributed by atoms with Crippen LogP contribution in [0.3, 0.4) is 0 Å². The molecule has 0 aliphatic rings. The standard InChI is InChI=1S/C10H14BrN3S/c1-7(5-10(12)15)14(2)9-3-4-13-6-8(9)11/h3-4,6-7H,5H2,1-2H3,(H2,12,15). The van der Waals surface area contributed by atoms with E-state index in [9.17, 15) is 0 Å². The maximum absolute atomic E-state index is 5.53. The van der Waals surface area contributed by atoms with Crippen molar-refractivity contribution >= 4 is 38.8 Å². The highest BCUT2D eigenvalue weighted by Crippen LogP contribution is 2.25. The van der Waals surface area contributed by atoms with Gasteiger partial charge in [0.25, 0.3) is 0 Å². The molecular formula is C10H14BrN3S. The van der Waals surface area contributed by atoms with E-state index in [2.05, 4.69) is 32.7 Å². The number of nitrogens with two attached hydrogens (primary N) is 1. The molecule has 15 heavy (non-hydrogen) atoms. The average Bonchev–Trinajstić information content (AvgIpc) is 2.16. The number of anilines is 1. The highest BCUT2D eigenvalue weighted by atomic mass is 79.9. The molecule has 82 valence electrons. The van der Waals surface area contributed by atoms with Gasteiger partial charge in [-0.1, -0.05) is 12.2 Å². The Hall–Kier alpha value is -0.680. The molecule has 1 aromatic rings. The van der Waals surface area contributed by atoms with Crippen molar-refractivity contribution in [2.75, 3.05) is 11.9 Å². The van der Waals surface area contributed by atoms with Crippen LogP contribution in [0.1, 0.15) is 13.3 Å². The van der Waals surface area contributed by atoms with Crippen molar-refractivity contribution in [3.8, 4) is 0 Å². The summed E-state index contributed by atoms with van der Waals surface area (Å²) in [5.41, 5.74) is 6.62. The Balaban J connectivity index is 2.80. The smallest absolute Gasteiger partial charge is 0.0747 e. The number of halogens is 1. The van der Waals surface area contributed by atoms with E-state index in [4.69, 9.17) is 18.0 Å². The minimum absolute atomic E-state index is 0.279. The highest BCUT2D eigenvalue weighted by molar-refractivity contribution is 9.10. The van der Waals surface area contributed by atoms with Gasteiger partial charge in [0, 0.05) is 31.9 Å². The zero-order chi connectivity index (χ0) is 11.4. The molecule has 3 nitrogen and oxygen atoms in total. The first-order valence-electron chi connectivity index (χ1n) is 4.63. The van der Waals surface area contributed by atoms with Crippen LogP contribution < -0.4 is 10.6 Å². The summed E-state index contributed by atoms with van der Waals surface area (Å²) < 4.78 is 0.974. The normalized spacial score (nSPS) is 12.2. The minimum Gasteiger partial charge on any atom is -0.393 e. The fourth-order valence-corrected chi connectivity index (χ4v) is 2.09. The van der Waals surface area contributed by atoms with Crippen molar-refractivity contribution in [1.29, 1.82) is 0 Å². The summed E-state index contributed by atoms with van der Waals surface area (Å²) in [6, 6.07) is 2.24. The third-order valence-corrected chi connectivity index (χ3v) is 3.07. The maximum atomic E-state index is 5.53. The van der Waals surface area contributed by atoms with Crippen LogP contribution in [0.4, 0.5) is 5.69 Å². The Morgan fingerprint density at radius 3 is 2.93 bits per heavy atom. The lowest BCUT2D eigenvalue weighted by Crippen LogP contribution is -2.32. The molecular weight excluding hydrogens is 274 g/mol. The van der Waals surface area contributed by atoms with Crippen molar-refractivity contribution in [3.63, 3.8) is 0 Å². The SMILES string of the molecule is CC(CC(N)=S)N(C)c1ccncc1Br. The van der Waals surface area contributed by atoms with Gasteiger partial charge >= 0.3 is 0 Å². The first-order chi connectivity index (χ1) is 7.02. The minimum atomic E-state index is 0.279. The van der Waals surface area contributed by atoms with Gasteiger partial charge in [0.1, 0.15) is 0 Å². The molecule has 0 amide bonds. The molecule has 1 unspecified atom stereocenters. The summed E-state index contributed by atoms with van der Waals surface area (Å²) in [6.07, 6.45) is 4.25. The summed E-state index contributed by atoms with van der Waals surface area (Å²) in [5, 5.41) is 0. The summed E-state index contributed by atoms with van der Waals surface area (Å²) >= 11 is 8.36. The molecule has 1 heterocycles. The lowest BCUT2D eigenvalue weighted by Gasteiger charge is -2.27. The molecule has 5 heteroatoms. The molecule has 0 fully saturated rings. The van der Waals surface area contributed by atoms with E-state index in [0.29, 0.717) is 11.4 Å². The quantitative estimate of drug-likeness (QED) is 0.864. The highest BCUT2D eigenvalue weighted by Gasteiger charge is 2.13. The number of thiocarbonyl (C=S) groups is 1. The van der Waals surface area contributed by atoms with E-state index in [0.717, 1.165) is 10.2 Å². The third kappa shape index (κ3) is 3.43. The summed E-state index contributed by atoms with van der Waals surface area (Å²) in [6.45, 7) is 2.09. The van der Waals surface area contributed by atoms with Crippen LogP contribution in [0.25, 0.3) is 0 Å². The van der Waals surface area contributed by atoms with Crippen LogP contribution in [0.5, 0.6) is 0 Å². The van der Waals surface area contributed by atoms with E-state index >= 15 is 0 Å². The molecule has 0 aromatic carbocycles. The van der Waals surface area contributed by atoms with E-state index in [1.807, 2.05) is 13.1 Å². The largest absolute Gasteiger partial charge is 0.393 e. The van der Waals surface area contributed by atoms with Crippen LogP contribution in [0.2, 0.25) is 0 Å². The molecule has 0 saturated heterocycles. The van der Waals surface area contributed by atoms with Crippen molar-refractivity contribution < 1.29 is 0 Å². The lowest BCUT2D eigenvalue weighted by molar-refractivity contribution is 0.713. The molecule has 1 atom stereocenters. The summed E-state index contributed by atoms with van der Waals surface area (Å²) in [4.78, 5) is 6.69. The van der Waals surface area contributed by atoms with Gasteiger partial charge < -0.3 is 10.6 Å². The predicted octanol–water partition coefficient (Wildman–Crippen LogP) is 2.34. The second-order valence-electron chi connectivity index (χ2n) is 3.46. The van der Waals surface area contributed by atoms with Crippen LogP contribution in [0.15, 0.2) is 22.9 Å². The molecule has 2 N–H and O–H groups in total. The number of rotatable bonds is 4. The van der Waals surface area contributed by atoms with E-state index in [-0.39, 0.29) is 6.04 Å². The molecule has 0 radical (unpaired) electrons. The van der Waals surface area contributed by atoms with Crippen molar-refractivity contribution in [2.45, 2.75) is 19.4 Å². The molecule has 0 aliphatic carbocycles. The van der Waals surface area contributed by atoms with Crippen molar-refractivity contribution in [1.82, 2.24) is 4.98 Å². The molecule has 0 aliphatic heterocycles. The predicted molar refractivity (Wildman–Crippen MR) is 71.2 cm³/mol. The van der Waals surface area contributed by atoms with Crippen LogP contribution in [-0.4, -0.2) is 23.1 Å². The van der Waals surface area contributed by atoms with Gasteiger partial charge in [-0.3, -0.25) is 4.98 Å². The second kappa shape index (κ2) is 5.42. The number of hydrogen-bond acceptors (Lipinski definition) is 3. The van der Waals surface area contributed by atoms with Crippen LogP contribution in [0, 0.1) is 0 Å². The fraction of sp³-hybridized carbons (Fsp3) is 0.400. The summed E-state index contributed by atoms with van der Waals surface area (Å²) in [7, 11) is 2.02. The van der Waals surface area contributed by atoms with Gasteiger partial charge in [-0.15, -0.1) is 0 Å². The Kier molecular flexibility index (Phi) is 4.47. The Bertz CT molecular complexity index is 356. The fourth-order valence-electron chi connectivity index (χ4n) is 1.32. The number of aromatic nitrogens is 1. The Morgan fingerprint density at radius 2 is 2.40 bits per heavy atom. The summed E-state index contributed by atoms with van der Waals surface area (Å²) in [5.74, 6) is 0. The molecule has 1 rings (SSSR count).